The van der Waals surface area contributed by atoms with E-state index in [0.29, 0.717) is 19.0 Å². The van der Waals surface area contributed by atoms with E-state index in [2.05, 4.69) is 10.0 Å². The van der Waals surface area contributed by atoms with Gasteiger partial charge in [-0.3, -0.25) is 0 Å². The quantitative estimate of drug-likeness (QED) is 0.549. The Morgan fingerprint density at radius 1 is 1.00 bits per heavy atom. The number of sulfonamides is 1. The lowest BCUT2D eigenvalue weighted by Crippen LogP contribution is -2.32. The largest absolute Gasteiger partial charge is 0.314 e. The van der Waals surface area contributed by atoms with Crippen molar-refractivity contribution in [2.24, 2.45) is 0 Å². The van der Waals surface area contributed by atoms with Crippen LogP contribution in [0.4, 0.5) is 0 Å². The van der Waals surface area contributed by atoms with Gasteiger partial charge in [-0.25, -0.2) is 21.6 Å². The molecular weight excluding hydrogens is 264 g/mol. The third-order valence-electron chi connectivity index (χ3n) is 1.94. The molecule has 2 N–H and O–H groups in total. The highest BCUT2D eigenvalue weighted by Gasteiger charge is 2.11. The van der Waals surface area contributed by atoms with Gasteiger partial charge in [-0.2, -0.15) is 0 Å². The van der Waals surface area contributed by atoms with Gasteiger partial charge in [0.25, 0.3) is 0 Å². The van der Waals surface area contributed by atoms with Crippen molar-refractivity contribution in [3.05, 3.63) is 0 Å². The molecule has 0 rings (SSSR count). The summed E-state index contributed by atoms with van der Waals surface area (Å²) in [5.74, 6) is -0.160. The predicted octanol–water partition coefficient (Wildman–Crippen LogP) is -0.661. The molecule has 0 saturated heterocycles. The molecule has 17 heavy (non-hydrogen) atoms. The molecule has 0 radical (unpaired) electrons. The number of hydrogen-bond donors (Lipinski definition) is 2. The van der Waals surface area contributed by atoms with Crippen LogP contribution in [0.2, 0.25) is 0 Å². The van der Waals surface area contributed by atoms with Crippen LogP contribution in [-0.4, -0.2) is 53.7 Å². The molecule has 0 aliphatic carbocycles. The zero-order chi connectivity index (χ0) is 13.5. The normalized spacial score (nSPS) is 13.2. The molecule has 0 unspecified atom stereocenters. The summed E-state index contributed by atoms with van der Waals surface area (Å²) >= 11 is 0. The van der Waals surface area contributed by atoms with Gasteiger partial charge in [-0.05, 0) is 13.0 Å². The molecule has 0 saturated carbocycles. The van der Waals surface area contributed by atoms with E-state index in [9.17, 15) is 16.8 Å². The Kier molecular flexibility index (Phi) is 7.22. The Balaban J connectivity index is 3.81. The molecule has 0 fully saturated rings. The molecule has 0 atom stereocenters. The first kappa shape index (κ1) is 16.8. The monoisotopic (exact) mass is 286 g/mol. The zero-order valence-corrected chi connectivity index (χ0v) is 12.2. The summed E-state index contributed by atoms with van der Waals surface area (Å²) in [6.07, 6.45) is 1.58. The van der Waals surface area contributed by atoms with Crippen molar-refractivity contribution in [3.8, 4) is 0 Å². The van der Waals surface area contributed by atoms with E-state index in [4.69, 9.17) is 0 Å². The number of rotatable bonds is 9. The third-order valence-corrected chi connectivity index (χ3v) is 4.35. The highest BCUT2D eigenvalue weighted by atomic mass is 32.2. The van der Waals surface area contributed by atoms with Crippen molar-refractivity contribution >= 4 is 19.9 Å². The molecule has 0 aliphatic heterocycles. The first-order valence-electron chi connectivity index (χ1n) is 5.51. The van der Waals surface area contributed by atoms with Crippen molar-refractivity contribution in [3.63, 3.8) is 0 Å². The van der Waals surface area contributed by atoms with Gasteiger partial charge in [0.15, 0.2) is 0 Å². The molecule has 6 nitrogen and oxygen atoms in total. The second-order valence-corrected chi connectivity index (χ2v) is 8.49. The van der Waals surface area contributed by atoms with Gasteiger partial charge in [0.05, 0.1) is 11.5 Å². The van der Waals surface area contributed by atoms with Gasteiger partial charge in [0, 0.05) is 18.8 Å². The molecule has 0 aromatic heterocycles. The predicted molar refractivity (Wildman–Crippen MR) is 69.3 cm³/mol. The zero-order valence-electron chi connectivity index (χ0n) is 10.6. The van der Waals surface area contributed by atoms with E-state index in [0.717, 1.165) is 6.26 Å². The minimum atomic E-state index is -3.36. The van der Waals surface area contributed by atoms with Gasteiger partial charge in [0.1, 0.15) is 9.84 Å². The highest BCUT2D eigenvalue weighted by molar-refractivity contribution is 7.91. The summed E-state index contributed by atoms with van der Waals surface area (Å²) in [7, 11) is -6.48. The minimum Gasteiger partial charge on any atom is -0.314 e. The minimum absolute atomic E-state index is 0.0104. The van der Waals surface area contributed by atoms with Gasteiger partial charge >= 0.3 is 0 Å². The summed E-state index contributed by atoms with van der Waals surface area (Å²) in [6.45, 7) is 4.54. The van der Waals surface area contributed by atoms with Crippen LogP contribution in [0.3, 0.4) is 0 Å². The number of nitrogens with one attached hydrogen (secondary N) is 2. The van der Waals surface area contributed by atoms with Gasteiger partial charge in [-0.15, -0.1) is 0 Å². The number of sulfone groups is 1. The van der Waals surface area contributed by atoms with Crippen LogP contribution in [0, 0.1) is 0 Å². The molecular formula is C9H22N2O4S2. The summed E-state index contributed by atoms with van der Waals surface area (Å²) in [5.41, 5.74) is 0. The van der Waals surface area contributed by atoms with Crippen molar-refractivity contribution in [2.75, 3.05) is 30.9 Å². The molecule has 8 heteroatoms. The maximum Gasteiger partial charge on any atom is 0.211 e. The van der Waals surface area contributed by atoms with E-state index < -0.39 is 19.9 Å². The SMILES string of the molecule is CC(C)NCCCS(=O)(=O)NCCS(C)(=O)=O. The molecule has 0 aromatic rings. The standard InChI is InChI=1S/C9H22N2O4S2/c1-9(2)10-5-4-7-17(14,15)11-6-8-16(3,12)13/h9-11H,4-8H2,1-3H3. The van der Waals surface area contributed by atoms with Crippen molar-refractivity contribution in [1.82, 2.24) is 10.0 Å². The Hall–Kier alpha value is -0.180. The molecule has 0 bridgehead atoms. The van der Waals surface area contributed by atoms with Crippen LogP contribution < -0.4 is 10.0 Å². The molecule has 0 heterocycles. The molecule has 0 aliphatic rings. The maximum atomic E-state index is 11.4. The van der Waals surface area contributed by atoms with Crippen molar-refractivity contribution in [1.29, 1.82) is 0 Å². The summed E-state index contributed by atoms with van der Waals surface area (Å²) in [4.78, 5) is 0. The first-order chi connectivity index (χ1) is 7.62. The first-order valence-corrected chi connectivity index (χ1v) is 9.22. The Labute approximate surface area is 104 Å². The lowest BCUT2D eigenvalue weighted by molar-refractivity contribution is 0.561. The summed E-state index contributed by atoms with van der Waals surface area (Å²) < 4.78 is 46.7. The van der Waals surface area contributed by atoms with E-state index >= 15 is 0 Å². The van der Waals surface area contributed by atoms with Gasteiger partial charge < -0.3 is 5.32 Å². The van der Waals surface area contributed by atoms with Crippen LogP contribution in [0.1, 0.15) is 20.3 Å². The van der Waals surface area contributed by atoms with Crippen LogP contribution in [0.15, 0.2) is 0 Å². The second kappa shape index (κ2) is 7.30. The molecule has 0 amide bonds. The van der Waals surface area contributed by atoms with Gasteiger partial charge in [0.2, 0.25) is 10.0 Å². The lowest BCUT2D eigenvalue weighted by Gasteiger charge is -2.08. The van der Waals surface area contributed by atoms with E-state index in [1.54, 1.807) is 0 Å². The number of hydrogen-bond acceptors (Lipinski definition) is 5. The molecule has 0 aromatic carbocycles. The Morgan fingerprint density at radius 3 is 2.06 bits per heavy atom. The van der Waals surface area contributed by atoms with Crippen molar-refractivity contribution < 1.29 is 16.8 Å². The maximum absolute atomic E-state index is 11.4. The fourth-order valence-electron chi connectivity index (χ4n) is 1.11. The highest BCUT2D eigenvalue weighted by Crippen LogP contribution is 1.90. The van der Waals surface area contributed by atoms with Crippen LogP contribution in [-0.2, 0) is 19.9 Å². The van der Waals surface area contributed by atoms with Crippen molar-refractivity contribution in [2.45, 2.75) is 26.3 Å². The smallest absolute Gasteiger partial charge is 0.211 e. The van der Waals surface area contributed by atoms with Crippen LogP contribution in [0.5, 0.6) is 0 Å². The molecule has 104 valence electrons. The van der Waals surface area contributed by atoms with Crippen LogP contribution in [0.25, 0.3) is 0 Å². The summed E-state index contributed by atoms with van der Waals surface area (Å²) in [6, 6.07) is 0.330. The molecule has 0 spiro atoms. The second-order valence-electron chi connectivity index (χ2n) is 4.31. The van der Waals surface area contributed by atoms with Gasteiger partial charge in [-0.1, -0.05) is 13.8 Å². The Morgan fingerprint density at radius 2 is 1.59 bits per heavy atom. The fourth-order valence-corrected chi connectivity index (χ4v) is 2.79. The summed E-state index contributed by atoms with van der Waals surface area (Å²) in [5, 5.41) is 3.11. The van der Waals surface area contributed by atoms with E-state index in [-0.39, 0.29) is 18.1 Å². The topological polar surface area (TPSA) is 92.3 Å². The fraction of sp³-hybridized carbons (Fsp3) is 1.00. The average molecular weight is 286 g/mol. The lowest BCUT2D eigenvalue weighted by atomic mass is 10.4. The third kappa shape index (κ3) is 12.1. The van der Waals surface area contributed by atoms with Crippen LogP contribution >= 0.6 is 0 Å². The Bertz CT molecular complexity index is 401. The van der Waals surface area contributed by atoms with E-state index in [1.165, 1.54) is 0 Å². The average Bonchev–Trinajstić information content (AvgIpc) is 2.09. The van der Waals surface area contributed by atoms with E-state index in [1.807, 2.05) is 13.8 Å².